The lowest BCUT2D eigenvalue weighted by Gasteiger charge is -2.20. The number of para-hydroxylation sites is 1. The molecule has 30 heavy (non-hydrogen) atoms. The molecule has 0 bridgehead atoms. The largest absolute Gasteiger partial charge is 0.495 e. The van der Waals surface area contributed by atoms with Crippen LogP contribution in [-0.2, 0) is 20.0 Å². The third kappa shape index (κ3) is 4.63. The number of nitrogens with one attached hydrogen (secondary N) is 1. The zero-order valence-electron chi connectivity index (χ0n) is 17.5. The molecule has 0 fully saturated rings. The third-order valence-corrected chi connectivity index (χ3v) is 7.85. The average molecular weight is 459 g/mol. The van der Waals surface area contributed by atoms with Crippen molar-refractivity contribution >= 4 is 25.7 Å². The van der Waals surface area contributed by atoms with Gasteiger partial charge < -0.3 is 14.2 Å². The molecule has 0 aliphatic rings. The molecule has 0 unspecified atom stereocenters. The lowest BCUT2D eigenvalue weighted by molar-refractivity contribution is 0.347. The van der Waals surface area contributed by atoms with Crippen molar-refractivity contribution in [2.45, 2.75) is 23.6 Å². The van der Waals surface area contributed by atoms with Crippen molar-refractivity contribution in [3.8, 4) is 17.2 Å². The van der Waals surface area contributed by atoms with Crippen molar-refractivity contribution in [2.75, 3.05) is 39.1 Å². The lowest BCUT2D eigenvalue weighted by atomic mass is 10.3. The Labute approximate surface area is 177 Å². The van der Waals surface area contributed by atoms with Crippen LogP contribution in [0.5, 0.6) is 17.2 Å². The first-order valence-corrected chi connectivity index (χ1v) is 12.0. The van der Waals surface area contributed by atoms with Crippen molar-refractivity contribution < 1.29 is 31.0 Å². The van der Waals surface area contributed by atoms with Crippen LogP contribution in [0.3, 0.4) is 0 Å². The van der Waals surface area contributed by atoms with E-state index in [1.54, 1.807) is 19.9 Å². The fourth-order valence-electron chi connectivity index (χ4n) is 2.91. The van der Waals surface area contributed by atoms with Gasteiger partial charge in [0.05, 0.1) is 31.9 Å². The van der Waals surface area contributed by atoms with Gasteiger partial charge in [0.15, 0.2) is 11.5 Å². The van der Waals surface area contributed by atoms with Crippen LogP contribution in [-0.4, -0.2) is 55.6 Å². The minimum atomic E-state index is -4.16. The van der Waals surface area contributed by atoms with Crippen LogP contribution in [0, 0.1) is 0 Å². The number of anilines is 1. The summed E-state index contributed by atoms with van der Waals surface area (Å²) in [7, 11) is -3.87. The molecule has 0 heterocycles. The number of nitrogens with zero attached hydrogens (tertiary/aromatic N) is 1. The van der Waals surface area contributed by atoms with Gasteiger partial charge in [0.1, 0.15) is 10.6 Å². The van der Waals surface area contributed by atoms with Gasteiger partial charge in [-0.1, -0.05) is 19.9 Å². The summed E-state index contributed by atoms with van der Waals surface area (Å²) in [6.45, 7) is 4.02. The molecule has 0 saturated carbocycles. The predicted octanol–water partition coefficient (Wildman–Crippen LogP) is 2.54. The smallest absolute Gasteiger partial charge is 0.265 e. The Morgan fingerprint density at radius 2 is 1.50 bits per heavy atom. The molecule has 0 spiro atoms. The number of benzene rings is 2. The maximum Gasteiger partial charge on any atom is 0.265 e. The normalized spacial score (nSPS) is 11.9. The van der Waals surface area contributed by atoms with Gasteiger partial charge in [0.2, 0.25) is 10.0 Å². The summed E-state index contributed by atoms with van der Waals surface area (Å²) in [6.07, 6.45) is 0. The fourth-order valence-corrected chi connectivity index (χ4v) is 5.64. The minimum absolute atomic E-state index is 0.0180. The molecule has 9 nitrogen and oxygen atoms in total. The SMILES string of the molecule is CCN(CC)S(=O)(=O)c1ccc(OC)c(NS(=O)(=O)c2cccc(OC)c2OC)c1. The first-order valence-electron chi connectivity index (χ1n) is 9.08. The van der Waals surface area contributed by atoms with Gasteiger partial charge in [-0.25, -0.2) is 16.8 Å². The number of hydrogen-bond donors (Lipinski definition) is 1. The highest BCUT2D eigenvalue weighted by Crippen LogP contribution is 2.36. The molecule has 0 aromatic heterocycles. The number of sulfonamides is 2. The van der Waals surface area contributed by atoms with Gasteiger partial charge in [-0.2, -0.15) is 4.31 Å². The molecular weight excluding hydrogens is 432 g/mol. The summed E-state index contributed by atoms with van der Waals surface area (Å²) in [4.78, 5) is -0.217. The number of methoxy groups -OCH3 is 3. The van der Waals surface area contributed by atoms with Crippen LogP contribution in [0.1, 0.15) is 13.8 Å². The molecule has 0 aliphatic carbocycles. The van der Waals surface area contributed by atoms with E-state index in [-0.39, 0.29) is 45.8 Å². The number of rotatable bonds is 10. The summed E-state index contributed by atoms with van der Waals surface area (Å²) in [5.41, 5.74) is -0.0180. The Kier molecular flexibility index (Phi) is 7.56. The molecule has 0 aliphatic heterocycles. The van der Waals surface area contributed by atoms with E-state index < -0.39 is 20.0 Å². The van der Waals surface area contributed by atoms with Crippen LogP contribution in [0.4, 0.5) is 5.69 Å². The second kappa shape index (κ2) is 9.54. The third-order valence-electron chi connectivity index (χ3n) is 4.41. The molecule has 2 aromatic carbocycles. The Hall–Kier alpha value is -2.50. The standard InChI is InChI=1S/C19H26N2O7S2/c1-6-21(7-2)30(24,25)14-11-12-16(26-3)15(13-14)20-29(22,23)18-10-8-9-17(27-4)19(18)28-5/h8-13,20H,6-7H2,1-5H3. The summed E-state index contributed by atoms with van der Waals surface area (Å²) >= 11 is 0. The van der Waals surface area contributed by atoms with Crippen molar-refractivity contribution in [1.82, 2.24) is 4.31 Å². The maximum atomic E-state index is 13.1. The minimum Gasteiger partial charge on any atom is -0.495 e. The molecule has 1 N–H and O–H groups in total. The van der Waals surface area contributed by atoms with Gasteiger partial charge in [-0.05, 0) is 30.3 Å². The van der Waals surface area contributed by atoms with E-state index in [4.69, 9.17) is 14.2 Å². The predicted molar refractivity (Wildman–Crippen MR) is 113 cm³/mol. The molecule has 0 atom stereocenters. The van der Waals surface area contributed by atoms with E-state index in [1.807, 2.05) is 0 Å². The van der Waals surface area contributed by atoms with E-state index in [9.17, 15) is 16.8 Å². The fraction of sp³-hybridized carbons (Fsp3) is 0.368. The molecule has 0 radical (unpaired) electrons. The Morgan fingerprint density at radius 3 is 2.03 bits per heavy atom. The molecular formula is C19H26N2O7S2. The zero-order valence-corrected chi connectivity index (χ0v) is 19.1. The van der Waals surface area contributed by atoms with Crippen LogP contribution >= 0.6 is 0 Å². The van der Waals surface area contributed by atoms with Crippen molar-refractivity contribution in [3.63, 3.8) is 0 Å². The van der Waals surface area contributed by atoms with E-state index in [1.165, 1.54) is 56.0 Å². The second-order valence-corrected chi connectivity index (χ2v) is 9.64. The number of hydrogen-bond acceptors (Lipinski definition) is 7. The highest BCUT2D eigenvalue weighted by atomic mass is 32.2. The van der Waals surface area contributed by atoms with Crippen molar-refractivity contribution in [1.29, 1.82) is 0 Å². The van der Waals surface area contributed by atoms with Gasteiger partial charge in [-0.3, -0.25) is 4.72 Å². The molecule has 11 heteroatoms. The topological polar surface area (TPSA) is 111 Å². The van der Waals surface area contributed by atoms with Gasteiger partial charge in [0.25, 0.3) is 10.0 Å². The van der Waals surface area contributed by atoms with E-state index in [0.717, 1.165) is 0 Å². The quantitative estimate of drug-likeness (QED) is 0.582. The molecule has 0 amide bonds. The highest BCUT2D eigenvalue weighted by Gasteiger charge is 2.26. The van der Waals surface area contributed by atoms with Crippen LogP contribution in [0.2, 0.25) is 0 Å². The van der Waals surface area contributed by atoms with Gasteiger partial charge in [-0.15, -0.1) is 0 Å². The van der Waals surface area contributed by atoms with Gasteiger partial charge >= 0.3 is 0 Å². The van der Waals surface area contributed by atoms with Crippen LogP contribution < -0.4 is 18.9 Å². The Morgan fingerprint density at radius 1 is 0.867 bits per heavy atom. The summed E-state index contributed by atoms with van der Waals surface area (Å²) in [5, 5.41) is 0. The molecule has 0 saturated heterocycles. The molecule has 2 aromatic rings. The molecule has 166 valence electrons. The first kappa shape index (κ1) is 23.8. The summed E-state index contributed by atoms with van der Waals surface area (Å²) in [6, 6.07) is 8.43. The first-order chi connectivity index (χ1) is 14.2. The summed E-state index contributed by atoms with van der Waals surface area (Å²) < 4.78 is 71.1. The van der Waals surface area contributed by atoms with Crippen LogP contribution in [0.25, 0.3) is 0 Å². The second-order valence-electron chi connectivity index (χ2n) is 6.05. The maximum absolute atomic E-state index is 13.1. The highest BCUT2D eigenvalue weighted by molar-refractivity contribution is 7.93. The van der Waals surface area contributed by atoms with Crippen molar-refractivity contribution in [2.24, 2.45) is 0 Å². The molecule has 2 rings (SSSR count). The van der Waals surface area contributed by atoms with Crippen LogP contribution in [0.15, 0.2) is 46.2 Å². The average Bonchev–Trinajstić information content (AvgIpc) is 2.73. The Balaban J connectivity index is 2.57. The van der Waals surface area contributed by atoms with Crippen molar-refractivity contribution in [3.05, 3.63) is 36.4 Å². The summed E-state index contributed by atoms with van der Waals surface area (Å²) in [5.74, 6) is 0.433. The Bertz CT molecular complexity index is 1100. The monoisotopic (exact) mass is 458 g/mol. The zero-order chi connectivity index (χ0) is 22.5. The van der Waals surface area contributed by atoms with E-state index >= 15 is 0 Å². The van der Waals surface area contributed by atoms with Gasteiger partial charge in [0, 0.05) is 13.1 Å². The number of ether oxygens (including phenoxy) is 3. The lowest BCUT2D eigenvalue weighted by Crippen LogP contribution is -2.30. The van der Waals surface area contributed by atoms with E-state index in [0.29, 0.717) is 0 Å². The van der Waals surface area contributed by atoms with E-state index in [2.05, 4.69) is 4.72 Å².